The van der Waals surface area contributed by atoms with Gasteiger partial charge in [-0.15, -0.1) is 0 Å². The molecule has 3 nitrogen and oxygen atoms in total. The van der Waals surface area contributed by atoms with Crippen molar-refractivity contribution in [3.63, 3.8) is 0 Å². The third-order valence-corrected chi connectivity index (χ3v) is 2.80. The Kier molecular flexibility index (Phi) is 5.12. The summed E-state index contributed by atoms with van der Waals surface area (Å²) < 4.78 is 0. The van der Waals surface area contributed by atoms with Gasteiger partial charge < -0.3 is 11.5 Å². The molecule has 0 radical (unpaired) electrons. The van der Waals surface area contributed by atoms with Crippen molar-refractivity contribution in [2.75, 3.05) is 11.5 Å². The minimum atomic E-state index is 0.653. The second kappa shape index (κ2) is 6.59. The number of rotatable bonds is 1. The van der Waals surface area contributed by atoms with Gasteiger partial charge in [0.15, 0.2) is 0 Å². The van der Waals surface area contributed by atoms with Crippen LogP contribution in [0.5, 0.6) is 0 Å². The van der Waals surface area contributed by atoms with Crippen LogP contribution in [0.1, 0.15) is 27.0 Å². The molecule has 3 heteroatoms. The molecule has 2 aromatic rings. The summed E-state index contributed by atoms with van der Waals surface area (Å²) in [5.41, 5.74) is 16.4. The summed E-state index contributed by atoms with van der Waals surface area (Å²) in [5, 5.41) is 0. The Morgan fingerprint density at radius 3 is 1.89 bits per heavy atom. The molecule has 0 atom stereocenters. The molecule has 0 unspecified atom stereocenters. The number of nitrogens with two attached hydrogens (primary N) is 2. The third-order valence-electron chi connectivity index (χ3n) is 2.80. The van der Waals surface area contributed by atoms with Crippen LogP contribution in [0.3, 0.4) is 0 Å². The molecular formula is C16H20N2O. The minimum absolute atomic E-state index is 0.653. The Bertz CT molecular complexity index is 577. The maximum absolute atomic E-state index is 10.4. The van der Waals surface area contributed by atoms with E-state index >= 15 is 0 Å². The molecule has 0 aliphatic carbocycles. The van der Waals surface area contributed by atoms with E-state index in [1.165, 1.54) is 0 Å². The zero-order valence-corrected chi connectivity index (χ0v) is 11.6. The van der Waals surface area contributed by atoms with Crippen molar-refractivity contribution in [2.24, 2.45) is 0 Å². The highest BCUT2D eigenvalue weighted by molar-refractivity contribution is 5.77. The number of nitrogen functional groups attached to an aromatic ring is 2. The normalized spacial score (nSPS) is 9.42. The first kappa shape index (κ1) is 14.8. The number of benzene rings is 2. The van der Waals surface area contributed by atoms with Crippen LogP contribution < -0.4 is 11.5 Å². The molecule has 0 spiro atoms. The molecule has 0 amide bonds. The van der Waals surface area contributed by atoms with Crippen LogP contribution in [0, 0.1) is 20.8 Å². The van der Waals surface area contributed by atoms with E-state index in [1.54, 1.807) is 0 Å². The van der Waals surface area contributed by atoms with Gasteiger partial charge in [0, 0.05) is 5.56 Å². The Balaban J connectivity index is 0.000000191. The van der Waals surface area contributed by atoms with E-state index in [0.717, 1.165) is 28.5 Å². The van der Waals surface area contributed by atoms with Gasteiger partial charge in [0.2, 0.25) is 0 Å². The third kappa shape index (κ3) is 4.47. The molecule has 0 aliphatic heterocycles. The van der Waals surface area contributed by atoms with Crippen LogP contribution in [0.4, 0.5) is 11.4 Å². The van der Waals surface area contributed by atoms with Gasteiger partial charge in [0.05, 0.1) is 11.4 Å². The van der Waals surface area contributed by atoms with E-state index in [2.05, 4.69) is 0 Å². The molecule has 0 heterocycles. The second-order valence-electron chi connectivity index (χ2n) is 4.61. The van der Waals surface area contributed by atoms with E-state index in [9.17, 15) is 4.79 Å². The maximum Gasteiger partial charge on any atom is 0.150 e. The molecule has 0 bridgehead atoms. The van der Waals surface area contributed by atoms with E-state index in [1.807, 2.05) is 57.2 Å². The molecule has 2 rings (SSSR count). The van der Waals surface area contributed by atoms with Gasteiger partial charge in [-0.05, 0) is 50.1 Å². The van der Waals surface area contributed by atoms with Crippen molar-refractivity contribution in [3.05, 3.63) is 58.7 Å². The molecular weight excluding hydrogens is 236 g/mol. The van der Waals surface area contributed by atoms with E-state index in [0.29, 0.717) is 11.4 Å². The van der Waals surface area contributed by atoms with Crippen molar-refractivity contribution in [1.82, 2.24) is 0 Å². The summed E-state index contributed by atoms with van der Waals surface area (Å²) in [6.45, 7) is 5.89. The number of aryl methyl sites for hydroxylation is 3. The Hall–Kier alpha value is -2.29. The molecule has 100 valence electrons. The number of carbonyl (C=O) groups excluding carboxylic acids is 1. The Labute approximate surface area is 114 Å². The number of hydrogen-bond donors (Lipinski definition) is 2. The van der Waals surface area contributed by atoms with Crippen molar-refractivity contribution in [3.8, 4) is 0 Å². The highest BCUT2D eigenvalue weighted by atomic mass is 16.1. The fraction of sp³-hybridized carbons (Fsp3) is 0.188. The SMILES string of the molecule is Cc1ccc(C)c(C=O)c1.Cc1ccc(N)c(N)c1. The lowest BCUT2D eigenvalue weighted by Gasteiger charge is -1.98. The zero-order valence-electron chi connectivity index (χ0n) is 11.6. The van der Waals surface area contributed by atoms with Gasteiger partial charge in [-0.2, -0.15) is 0 Å². The number of aldehydes is 1. The standard InChI is InChI=1S/C9H10O.C7H10N2/c1-7-3-4-8(2)9(5-7)6-10;1-5-2-3-6(8)7(9)4-5/h3-6H,1-2H3;2-4H,8-9H2,1H3. The fourth-order valence-electron chi connectivity index (χ4n) is 1.58. The van der Waals surface area contributed by atoms with Crippen LogP contribution in [0.25, 0.3) is 0 Å². The molecule has 0 saturated carbocycles. The maximum atomic E-state index is 10.4. The monoisotopic (exact) mass is 256 g/mol. The lowest BCUT2D eigenvalue weighted by molar-refractivity contribution is 0.112. The highest BCUT2D eigenvalue weighted by Gasteiger charge is 1.94. The lowest BCUT2D eigenvalue weighted by Crippen LogP contribution is -1.93. The van der Waals surface area contributed by atoms with Gasteiger partial charge >= 0.3 is 0 Å². The van der Waals surface area contributed by atoms with Crippen molar-refractivity contribution >= 4 is 17.7 Å². The summed E-state index contributed by atoms with van der Waals surface area (Å²) in [7, 11) is 0. The zero-order chi connectivity index (χ0) is 14.4. The molecule has 19 heavy (non-hydrogen) atoms. The van der Waals surface area contributed by atoms with Crippen LogP contribution >= 0.6 is 0 Å². The molecule has 0 aliphatic rings. The van der Waals surface area contributed by atoms with Gasteiger partial charge in [-0.1, -0.05) is 23.8 Å². The lowest BCUT2D eigenvalue weighted by atomic mass is 10.1. The molecule has 0 saturated heterocycles. The van der Waals surface area contributed by atoms with Crippen molar-refractivity contribution in [2.45, 2.75) is 20.8 Å². The minimum Gasteiger partial charge on any atom is -0.397 e. The summed E-state index contributed by atoms with van der Waals surface area (Å²) in [6.07, 6.45) is 0.891. The largest absolute Gasteiger partial charge is 0.397 e. The molecule has 0 aromatic heterocycles. The number of carbonyl (C=O) groups is 1. The van der Waals surface area contributed by atoms with Gasteiger partial charge in [0.25, 0.3) is 0 Å². The topological polar surface area (TPSA) is 69.1 Å². The highest BCUT2D eigenvalue weighted by Crippen LogP contribution is 2.14. The van der Waals surface area contributed by atoms with Gasteiger partial charge in [-0.25, -0.2) is 0 Å². The summed E-state index contributed by atoms with van der Waals surface area (Å²) >= 11 is 0. The average molecular weight is 256 g/mol. The fourth-order valence-corrected chi connectivity index (χ4v) is 1.58. The van der Waals surface area contributed by atoms with Crippen LogP contribution in [-0.4, -0.2) is 6.29 Å². The Morgan fingerprint density at radius 2 is 1.42 bits per heavy atom. The Morgan fingerprint density at radius 1 is 0.842 bits per heavy atom. The first-order chi connectivity index (χ1) is 8.93. The van der Waals surface area contributed by atoms with Crippen LogP contribution in [0.15, 0.2) is 36.4 Å². The predicted molar refractivity (Wildman–Crippen MR) is 81.3 cm³/mol. The first-order valence-electron chi connectivity index (χ1n) is 6.08. The van der Waals surface area contributed by atoms with Crippen LogP contribution in [0.2, 0.25) is 0 Å². The summed E-state index contributed by atoms with van der Waals surface area (Å²) in [4.78, 5) is 10.4. The molecule has 2 aromatic carbocycles. The average Bonchev–Trinajstić information content (AvgIpc) is 2.38. The van der Waals surface area contributed by atoms with E-state index in [-0.39, 0.29) is 0 Å². The molecule has 4 N–H and O–H groups in total. The summed E-state index contributed by atoms with van der Waals surface area (Å²) in [5.74, 6) is 0. The van der Waals surface area contributed by atoms with E-state index < -0.39 is 0 Å². The van der Waals surface area contributed by atoms with E-state index in [4.69, 9.17) is 11.5 Å². The van der Waals surface area contributed by atoms with Gasteiger partial charge in [-0.3, -0.25) is 4.79 Å². The molecule has 0 fully saturated rings. The second-order valence-corrected chi connectivity index (χ2v) is 4.61. The first-order valence-corrected chi connectivity index (χ1v) is 6.08. The van der Waals surface area contributed by atoms with Crippen LogP contribution in [-0.2, 0) is 0 Å². The summed E-state index contributed by atoms with van der Waals surface area (Å²) in [6, 6.07) is 11.5. The quantitative estimate of drug-likeness (QED) is 0.607. The number of anilines is 2. The van der Waals surface area contributed by atoms with Crippen molar-refractivity contribution in [1.29, 1.82) is 0 Å². The number of hydrogen-bond acceptors (Lipinski definition) is 3. The predicted octanol–water partition coefficient (Wildman–Crippen LogP) is 3.28. The van der Waals surface area contributed by atoms with Gasteiger partial charge in [0.1, 0.15) is 6.29 Å². The smallest absolute Gasteiger partial charge is 0.150 e. The van der Waals surface area contributed by atoms with Crippen molar-refractivity contribution < 1.29 is 4.79 Å².